The van der Waals surface area contributed by atoms with Crippen molar-refractivity contribution in [2.75, 3.05) is 0 Å². The molecule has 4 heterocycles. The number of nitrogens with one attached hydrogen (secondary N) is 2. The van der Waals surface area contributed by atoms with E-state index in [1.54, 1.807) is 0 Å². The second-order valence-electron chi connectivity index (χ2n) is 6.50. The van der Waals surface area contributed by atoms with E-state index in [-0.39, 0.29) is 5.54 Å². The van der Waals surface area contributed by atoms with Crippen molar-refractivity contribution < 1.29 is 13.6 Å². The predicted molar refractivity (Wildman–Crippen MR) is 63.8 cm³/mol. The van der Waals surface area contributed by atoms with E-state index < -0.39 is 0 Å². The van der Waals surface area contributed by atoms with Gasteiger partial charge in [-0.05, 0) is 20.8 Å². The molecule has 2 aliphatic rings. The summed E-state index contributed by atoms with van der Waals surface area (Å²) in [7, 11) is 0. The molecule has 0 spiro atoms. The van der Waals surface area contributed by atoms with Crippen LogP contribution < -0.4 is 9.13 Å². The molecule has 5 nitrogen and oxygen atoms in total. The largest absolute Gasteiger partial charge is 0.381 e. The molecule has 0 unspecified atom stereocenters. The van der Waals surface area contributed by atoms with Crippen LogP contribution >= 0.6 is 0 Å². The normalized spacial score (nSPS) is 29.2. The fourth-order valence-electron chi connectivity index (χ4n) is 3.63. The van der Waals surface area contributed by atoms with Gasteiger partial charge in [-0.25, -0.2) is 14.5 Å². The summed E-state index contributed by atoms with van der Waals surface area (Å²) in [5.41, 5.74) is 0.213. The highest BCUT2D eigenvalue weighted by Gasteiger charge is 2.66. The minimum Gasteiger partial charge on any atom is -0.242 e. The van der Waals surface area contributed by atoms with Crippen LogP contribution in [-0.4, -0.2) is 20.0 Å². The first kappa shape index (κ1) is 10.3. The van der Waals surface area contributed by atoms with Crippen molar-refractivity contribution in [1.82, 2.24) is 9.97 Å². The van der Waals surface area contributed by atoms with Crippen LogP contribution in [-0.2, 0) is 13.1 Å². The van der Waals surface area contributed by atoms with Crippen molar-refractivity contribution in [2.45, 2.75) is 45.7 Å². The minimum atomic E-state index is 0.213. The second kappa shape index (κ2) is 2.85. The molecule has 4 rings (SSSR count). The Morgan fingerprint density at radius 3 is 2.00 bits per heavy atom. The molecular formula is C13H20N5+3. The van der Waals surface area contributed by atoms with Crippen LogP contribution in [0.5, 0.6) is 0 Å². The van der Waals surface area contributed by atoms with Gasteiger partial charge in [-0.2, -0.15) is 0 Å². The van der Waals surface area contributed by atoms with Crippen LogP contribution in [0.1, 0.15) is 38.7 Å². The average molecular weight is 246 g/mol. The second-order valence-corrected chi connectivity index (χ2v) is 6.50. The van der Waals surface area contributed by atoms with E-state index in [0.717, 1.165) is 17.6 Å². The highest BCUT2D eigenvalue weighted by molar-refractivity contribution is 4.86. The van der Waals surface area contributed by atoms with Crippen molar-refractivity contribution in [1.29, 1.82) is 0 Å². The number of aromatic amines is 2. The Balaban J connectivity index is 1.97. The van der Waals surface area contributed by atoms with Gasteiger partial charge in [0, 0.05) is 0 Å². The zero-order chi connectivity index (χ0) is 12.5. The van der Waals surface area contributed by atoms with Gasteiger partial charge in [-0.15, -0.1) is 9.13 Å². The lowest BCUT2D eigenvalue weighted by molar-refractivity contribution is -1.18. The van der Waals surface area contributed by atoms with Gasteiger partial charge in [0.2, 0.25) is 0 Å². The third kappa shape index (κ3) is 0.975. The summed E-state index contributed by atoms with van der Waals surface area (Å²) in [5.74, 6) is 2.66. The van der Waals surface area contributed by atoms with Crippen LogP contribution in [0.3, 0.4) is 0 Å². The molecule has 0 amide bonds. The Hall–Kier alpha value is -1.62. The predicted octanol–water partition coefficient (Wildman–Crippen LogP) is 0.565. The lowest BCUT2D eigenvalue weighted by atomic mass is 10.0. The lowest BCUT2D eigenvalue weighted by Crippen LogP contribution is -2.66. The molecule has 94 valence electrons. The number of hydrogen-bond donors (Lipinski definition) is 2. The van der Waals surface area contributed by atoms with Gasteiger partial charge in [0.05, 0.1) is 5.54 Å². The van der Waals surface area contributed by atoms with Crippen LogP contribution in [0.15, 0.2) is 24.8 Å². The molecule has 0 aliphatic carbocycles. The van der Waals surface area contributed by atoms with Gasteiger partial charge in [0.1, 0.15) is 24.8 Å². The molecule has 5 heteroatoms. The summed E-state index contributed by atoms with van der Waals surface area (Å²) < 4.78 is 5.83. The zero-order valence-corrected chi connectivity index (χ0v) is 11.1. The summed E-state index contributed by atoms with van der Waals surface area (Å²) in [5, 5.41) is 0. The Bertz CT molecular complexity index is 571. The smallest absolute Gasteiger partial charge is 0.242 e. The first-order valence-electron chi connectivity index (χ1n) is 6.55. The topological polar surface area (TPSA) is 39.3 Å². The van der Waals surface area contributed by atoms with Crippen molar-refractivity contribution in [3.8, 4) is 0 Å². The van der Waals surface area contributed by atoms with Gasteiger partial charge < -0.3 is 0 Å². The summed E-state index contributed by atoms with van der Waals surface area (Å²) in [4.78, 5) is 6.78. The van der Waals surface area contributed by atoms with Crippen molar-refractivity contribution in [3.63, 3.8) is 0 Å². The maximum atomic E-state index is 3.39. The number of aromatic nitrogens is 4. The molecule has 0 fully saturated rings. The van der Waals surface area contributed by atoms with E-state index in [1.807, 2.05) is 12.4 Å². The molecule has 0 radical (unpaired) electrons. The number of fused-ring (bicyclic) bond motifs is 5. The van der Waals surface area contributed by atoms with E-state index in [0.29, 0.717) is 6.29 Å². The van der Waals surface area contributed by atoms with Gasteiger partial charge in [0.15, 0.2) is 13.1 Å². The molecular weight excluding hydrogens is 226 g/mol. The maximum absolute atomic E-state index is 3.39. The quantitative estimate of drug-likeness (QED) is 0.504. The molecule has 0 bridgehead atoms. The highest BCUT2D eigenvalue weighted by Crippen LogP contribution is 2.41. The van der Waals surface area contributed by atoms with Crippen molar-refractivity contribution in [2.24, 2.45) is 0 Å². The molecule has 0 saturated carbocycles. The number of hydrogen-bond acceptors (Lipinski definition) is 0. The van der Waals surface area contributed by atoms with Crippen molar-refractivity contribution in [3.05, 3.63) is 36.4 Å². The van der Waals surface area contributed by atoms with Crippen LogP contribution in [0.4, 0.5) is 0 Å². The Labute approximate surface area is 106 Å². The molecule has 2 aromatic rings. The van der Waals surface area contributed by atoms with Gasteiger partial charge >= 0.3 is 17.9 Å². The van der Waals surface area contributed by atoms with Gasteiger partial charge in [-0.1, -0.05) is 0 Å². The summed E-state index contributed by atoms with van der Waals surface area (Å²) in [6.07, 6.45) is 8.77. The minimum absolute atomic E-state index is 0.213. The SMILES string of the molecule is CC(C)(C)[N+]12Cc3[nH]cc[n+]3C1[n+]1cc[nH]c1C2. The molecule has 18 heavy (non-hydrogen) atoms. The fourth-order valence-corrected chi connectivity index (χ4v) is 3.63. The van der Waals surface area contributed by atoms with E-state index in [9.17, 15) is 0 Å². The number of quaternary nitrogens is 1. The highest BCUT2D eigenvalue weighted by atomic mass is 15.6. The van der Waals surface area contributed by atoms with Crippen LogP contribution in [0.2, 0.25) is 0 Å². The molecule has 0 aromatic carbocycles. The standard InChI is InChI=1S/C13H18N5/c1-13(2,3)18-8-10-14-4-6-16(10)12(18)17-7-5-15-11(17)9-18/h4-7,12H,8-9H2,1-3H3/q+1/p+2. The Morgan fingerprint density at radius 2 is 1.56 bits per heavy atom. The third-order valence-electron chi connectivity index (χ3n) is 4.73. The number of rotatable bonds is 0. The molecule has 2 N–H and O–H groups in total. The first-order valence-corrected chi connectivity index (χ1v) is 6.55. The van der Waals surface area contributed by atoms with E-state index in [4.69, 9.17) is 0 Å². The molecule has 2 aliphatic heterocycles. The molecule has 0 atom stereocenters. The number of nitrogens with zero attached hydrogens (tertiary/aromatic N) is 3. The number of H-pyrrole nitrogens is 2. The Morgan fingerprint density at radius 1 is 1.06 bits per heavy atom. The maximum Gasteiger partial charge on any atom is 0.381 e. The van der Waals surface area contributed by atoms with Crippen LogP contribution in [0.25, 0.3) is 0 Å². The number of imidazole rings is 2. The van der Waals surface area contributed by atoms with Crippen molar-refractivity contribution >= 4 is 0 Å². The van der Waals surface area contributed by atoms with E-state index in [1.165, 1.54) is 11.6 Å². The molecule has 0 saturated heterocycles. The third-order valence-corrected chi connectivity index (χ3v) is 4.73. The summed E-state index contributed by atoms with van der Waals surface area (Å²) in [6, 6.07) is 0. The van der Waals surface area contributed by atoms with E-state index in [2.05, 4.69) is 52.3 Å². The fraction of sp³-hybridized carbons (Fsp3) is 0.538. The van der Waals surface area contributed by atoms with Gasteiger partial charge in [-0.3, -0.25) is 0 Å². The molecule has 2 aromatic heterocycles. The van der Waals surface area contributed by atoms with Crippen LogP contribution in [0, 0.1) is 0 Å². The average Bonchev–Trinajstić information content (AvgIpc) is 2.90. The lowest BCUT2D eigenvalue weighted by Gasteiger charge is -2.40. The van der Waals surface area contributed by atoms with Gasteiger partial charge in [0.25, 0.3) is 0 Å². The Kier molecular flexibility index (Phi) is 1.64. The zero-order valence-electron chi connectivity index (χ0n) is 11.1. The monoisotopic (exact) mass is 246 g/mol. The first-order chi connectivity index (χ1) is 8.53. The summed E-state index contributed by atoms with van der Waals surface area (Å²) >= 11 is 0. The summed E-state index contributed by atoms with van der Waals surface area (Å²) in [6.45, 7) is 9.17. The van der Waals surface area contributed by atoms with E-state index >= 15 is 0 Å².